The molecule has 1 aliphatic rings. The van der Waals surface area contributed by atoms with Crippen LogP contribution in [0.1, 0.15) is 59.8 Å². The molecule has 0 spiro atoms. The predicted molar refractivity (Wildman–Crippen MR) is 65.8 cm³/mol. The topological polar surface area (TPSA) is 20.2 Å². The summed E-state index contributed by atoms with van der Waals surface area (Å²) in [6, 6.07) is 0. The van der Waals surface area contributed by atoms with Gasteiger partial charge in [0.1, 0.15) is 0 Å². The fraction of sp³-hybridized carbons (Fsp3) is 1.00. The first-order valence-electron chi connectivity index (χ1n) is 6.61. The van der Waals surface area contributed by atoms with E-state index in [2.05, 4.69) is 27.7 Å². The van der Waals surface area contributed by atoms with Crippen LogP contribution in [0.2, 0.25) is 0 Å². The van der Waals surface area contributed by atoms with E-state index in [-0.39, 0.29) is 5.41 Å². The van der Waals surface area contributed by atoms with E-state index in [4.69, 9.17) is 0 Å². The van der Waals surface area contributed by atoms with E-state index in [0.29, 0.717) is 6.61 Å². The van der Waals surface area contributed by atoms with E-state index >= 15 is 0 Å². The average molecular weight is 212 g/mol. The molecule has 0 bridgehead atoms. The predicted octanol–water partition coefficient (Wildman–Crippen LogP) is 3.86. The van der Waals surface area contributed by atoms with Gasteiger partial charge in [0.15, 0.2) is 0 Å². The highest BCUT2D eigenvalue weighted by atomic mass is 16.3. The molecule has 0 radical (unpaired) electrons. The maximum atomic E-state index is 9.24. The lowest BCUT2D eigenvalue weighted by molar-refractivity contribution is 0.133. The summed E-state index contributed by atoms with van der Waals surface area (Å²) in [5.74, 6) is 2.81. The van der Waals surface area contributed by atoms with Crippen molar-refractivity contribution >= 4 is 0 Å². The Morgan fingerprint density at radius 3 is 2.33 bits per heavy atom. The van der Waals surface area contributed by atoms with Crippen LogP contribution in [-0.2, 0) is 0 Å². The van der Waals surface area contributed by atoms with Crippen LogP contribution < -0.4 is 0 Å². The Labute approximate surface area is 95.3 Å². The van der Waals surface area contributed by atoms with Gasteiger partial charge in [0.05, 0.1) is 0 Å². The van der Waals surface area contributed by atoms with Crippen LogP contribution in [0, 0.1) is 23.2 Å². The summed E-state index contributed by atoms with van der Waals surface area (Å²) < 4.78 is 0. The SMILES string of the molecule is CCC(CCC(C)(C)CO)C(C)C1CC1. The summed E-state index contributed by atoms with van der Waals surface area (Å²) in [4.78, 5) is 0. The van der Waals surface area contributed by atoms with Gasteiger partial charge in [-0.25, -0.2) is 0 Å². The zero-order valence-corrected chi connectivity index (χ0v) is 10.9. The van der Waals surface area contributed by atoms with Crippen molar-refractivity contribution in [2.45, 2.75) is 59.8 Å². The lowest BCUT2D eigenvalue weighted by Crippen LogP contribution is -2.20. The fourth-order valence-electron chi connectivity index (χ4n) is 2.50. The number of hydrogen-bond donors (Lipinski definition) is 1. The highest BCUT2D eigenvalue weighted by Gasteiger charge is 2.33. The molecule has 0 aromatic heterocycles. The molecule has 15 heavy (non-hydrogen) atoms. The second-order valence-corrected chi connectivity index (χ2v) is 6.23. The van der Waals surface area contributed by atoms with E-state index in [1.54, 1.807) is 0 Å². The minimum Gasteiger partial charge on any atom is -0.396 e. The number of hydrogen-bond acceptors (Lipinski definition) is 1. The molecular formula is C14H28O. The quantitative estimate of drug-likeness (QED) is 0.679. The maximum absolute atomic E-state index is 9.24. The van der Waals surface area contributed by atoms with Gasteiger partial charge in [-0.3, -0.25) is 0 Å². The van der Waals surface area contributed by atoms with E-state index in [9.17, 15) is 5.11 Å². The highest BCUT2D eigenvalue weighted by molar-refractivity contribution is 4.83. The van der Waals surface area contributed by atoms with Crippen molar-refractivity contribution in [1.29, 1.82) is 0 Å². The summed E-state index contributed by atoms with van der Waals surface area (Å²) in [5.41, 5.74) is 0.122. The molecule has 0 heterocycles. The van der Waals surface area contributed by atoms with Crippen LogP contribution in [0.4, 0.5) is 0 Å². The van der Waals surface area contributed by atoms with Gasteiger partial charge in [-0.2, -0.15) is 0 Å². The van der Waals surface area contributed by atoms with Crippen molar-refractivity contribution in [2.75, 3.05) is 6.61 Å². The molecule has 1 aliphatic carbocycles. The third kappa shape index (κ3) is 4.14. The molecule has 0 aromatic carbocycles. The van der Waals surface area contributed by atoms with Gasteiger partial charge in [-0.1, -0.05) is 34.1 Å². The highest BCUT2D eigenvalue weighted by Crippen LogP contribution is 2.43. The summed E-state index contributed by atoms with van der Waals surface area (Å²) in [6.07, 6.45) is 6.68. The summed E-state index contributed by atoms with van der Waals surface area (Å²) in [5, 5.41) is 9.24. The lowest BCUT2D eigenvalue weighted by atomic mass is 9.79. The van der Waals surface area contributed by atoms with Crippen molar-refractivity contribution in [3.05, 3.63) is 0 Å². The van der Waals surface area contributed by atoms with Crippen molar-refractivity contribution in [1.82, 2.24) is 0 Å². The monoisotopic (exact) mass is 212 g/mol. The molecule has 2 unspecified atom stereocenters. The molecule has 1 heteroatoms. The maximum Gasteiger partial charge on any atom is 0.0482 e. The minimum absolute atomic E-state index is 0.122. The molecule has 1 N–H and O–H groups in total. The summed E-state index contributed by atoms with van der Waals surface area (Å²) in [7, 11) is 0. The van der Waals surface area contributed by atoms with Gasteiger partial charge >= 0.3 is 0 Å². The Balaban J connectivity index is 2.32. The van der Waals surface area contributed by atoms with Gasteiger partial charge in [0, 0.05) is 6.61 Å². The Kier molecular flexibility index (Phi) is 4.64. The summed E-state index contributed by atoms with van der Waals surface area (Å²) in [6.45, 7) is 9.40. The van der Waals surface area contributed by atoms with E-state index in [1.807, 2.05) is 0 Å². The zero-order valence-electron chi connectivity index (χ0n) is 10.9. The first kappa shape index (κ1) is 13.0. The first-order valence-corrected chi connectivity index (χ1v) is 6.61. The molecule has 0 saturated heterocycles. The Bertz CT molecular complexity index is 182. The second-order valence-electron chi connectivity index (χ2n) is 6.23. The molecular weight excluding hydrogens is 184 g/mol. The Morgan fingerprint density at radius 2 is 1.93 bits per heavy atom. The minimum atomic E-state index is 0.122. The van der Waals surface area contributed by atoms with E-state index in [1.165, 1.54) is 32.1 Å². The molecule has 0 amide bonds. The number of aliphatic hydroxyl groups excluding tert-OH is 1. The van der Waals surface area contributed by atoms with Gasteiger partial charge in [-0.15, -0.1) is 0 Å². The molecule has 0 aromatic rings. The van der Waals surface area contributed by atoms with Gasteiger partial charge < -0.3 is 5.11 Å². The van der Waals surface area contributed by atoms with Gasteiger partial charge in [-0.05, 0) is 48.9 Å². The molecule has 1 saturated carbocycles. The van der Waals surface area contributed by atoms with Crippen LogP contribution in [0.15, 0.2) is 0 Å². The smallest absolute Gasteiger partial charge is 0.0482 e. The van der Waals surface area contributed by atoms with Gasteiger partial charge in [0.25, 0.3) is 0 Å². The molecule has 1 fully saturated rings. The van der Waals surface area contributed by atoms with Crippen molar-refractivity contribution < 1.29 is 5.11 Å². The van der Waals surface area contributed by atoms with Crippen molar-refractivity contribution in [2.24, 2.45) is 23.2 Å². The van der Waals surface area contributed by atoms with Crippen molar-refractivity contribution in [3.8, 4) is 0 Å². The largest absolute Gasteiger partial charge is 0.396 e. The van der Waals surface area contributed by atoms with Crippen LogP contribution >= 0.6 is 0 Å². The van der Waals surface area contributed by atoms with Crippen LogP contribution in [0.3, 0.4) is 0 Å². The standard InChI is InChI=1S/C14H28O/c1-5-12(11(2)13-6-7-13)8-9-14(3,4)10-15/h11-13,15H,5-10H2,1-4H3. The van der Waals surface area contributed by atoms with Crippen LogP contribution in [0.5, 0.6) is 0 Å². The van der Waals surface area contributed by atoms with Crippen LogP contribution in [0.25, 0.3) is 0 Å². The van der Waals surface area contributed by atoms with Crippen molar-refractivity contribution in [3.63, 3.8) is 0 Å². The molecule has 90 valence electrons. The molecule has 0 aliphatic heterocycles. The number of rotatable bonds is 7. The molecule has 1 nitrogen and oxygen atoms in total. The second kappa shape index (κ2) is 5.34. The van der Waals surface area contributed by atoms with E-state index in [0.717, 1.165) is 17.8 Å². The first-order chi connectivity index (χ1) is 7.00. The number of aliphatic hydroxyl groups is 1. The van der Waals surface area contributed by atoms with Crippen LogP contribution in [-0.4, -0.2) is 11.7 Å². The zero-order chi connectivity index (χ0) is 11.5. The Morgan fingerprint density at radius 1 is 1.33 bits per heavy atom. The lowest BCUT2D eigenvalue weighted by Gasteiger charge is -2.28. The molecule has 1 rings (SSSR count). The van der Waals surface area contributed by atoms with Gasteiger partial charge in [0.2, 0.25) is 0 Å². The fourth-order valence-corrected chi connectivity index (χ4v) is 2.50. The molecule has 2 atom stereocenters. The average Bonchev–Trinajstić information content (AvgIpc) is 3.01. The summed E-state index contributed by atoms with van der Waals surface area (Å²) >= 11 is 0. The normalized spacial score (nSPS) is 21.4. The third-order valence-corrected chi connectivity index (χ3v) is 4.25. The third-order valence-electron chi connectivity index (χ3n) is 4.25. The Hall–Kier alpha value is -0.0400. The van der Waals surface area contributed by atoms with E-state index < -0.39 is 0 Å².